The number of nitrogens with zero attached hydrogens (tertiary/aromatic N) is 4. The third-order valence-electron chi connectivity index (χ3n) is 7.46. The second-order valence-electron chi connectivity index (χ2n) is 9.73. The van der Waals surface area contributed by atoms with Gasteiger partial charge in [-0.15, -0.1) is 0 Å². The number of aryl methyl sites for hydroxylation is 1. The normalized spacial score (nSPS) is 18.2. The van der Waals surface area contributed by atoms with Crippen molar-refractivity contribution in [1.29, 1.82) is 0 Å². The number of piperazine rings is 1. The summed E-state index contributed by atoms with van der Waals surface area (Å²) in [6, 6.07) is 21.9. The number of hydrogen-bond acceptors (Lipinski definition) is 4. The molecule has 5 rings (SSSR count). The topological polar surface area (TPSA) is 56.8 Å². The molecule has 0 saturated carbocycles. The van der Waals surface area contributed by atoms with E-state index in [0.29, 0.717) is 19.6 Å². The van der Waals surface area contributed by atoms with Crippen LogP contribution in [0.3, 0.4) is 0 Å². The van der Waals surface area contributed by atoms with Crippen molar-refractivity contribution >= 4 is 17.6 Å². The lowest BCUT2D eigenvalue weighted by Crippen LogP contribution is -2.49. The molecule has 1 atom stereocenters. The molecule has 1 aromatic heterocycles. The fourth-order valence-corrected chi connectivity index (χ4v) is 5.29. The smallest absolute Gasteiger partial charge is 0.253 e. The van der Waals surface area contributed by atoms with Gasteiger partial charge in [-0.05, 0) is 66.8 Å². The van der Waals surface area contributed by atoms with Crippen molar-refractivity contribution in [2.24, 2.45) is 0 Å². The van der Waals surface area contributed by atoms with Crippen molar-refractivity contribution in [2.75, 3.05) is 44.2 Å². The van der Waals surface area contributed by atoms with Gasteiger partial charge in [0.25, 0.3) is 11.8 Å². The molecule has 2 aliphatic rings. The Morgan fingerprint density at radius 2 is 1.61 bits per heavy atom. The van der Waals surface area contributed by atoms with Gasteiger partial charge in [0, 0.05) is 62.5 Å². The van der Waals surface area contributed by atoms with Gasteiger partial charge in [-0.2, -0.15) is 0 Å². The molecule has 2 amide bonds. The van der Waals surface area contributed by atoms with Gasteiger partial charge in [0.15, 0.2) is 0 Å². The first-order valence-corrected chi connectivity index (χ1v) is 13.1. The van der Waals surface area contributed by atoms with E-state index in [-0.39, 0.29) is 17.7 Å². The minimum absolute atomic E-state index is 0.0808. The van der Waals surface area contributed by atoms with Crippen LogP contribution in [0, 0.1) is 0 Å². The second kappa shape index (κ2) is 10.9. The zero-order valence-corrected chi connectivity index (χ0v) is 21.0. The Morgan fingerprint density at radius 1 is 0.833 bits per heavy atom. The Labute approximate surface area is 213 Å². The molecular weight excluding hydrogens is 448 g/mol. The Bertz CT molecular complexity index is 1190. The fourth-order valence-electron chi connectivity index (χ4n) is 5.29. The van der Waals surface area contributed by atoms with Crippen molar-refractivity contribution in [3.05, 3.63) is 95.2 Å². The van der Waals surface area contributed by atoms with Gasteiger partial charge in [-0.25, -0.2) is 4.98 Å². The van der Waals surface area contributed by atoms with Crippen molar-refractivity contribution in [2.45, 2.75) is 32.1 Å². The van der Waals surface area contributed by atoms with Gasteiger partial charge < -0.3 is 14.7 Å². The largest absolute Gasteiger partial charge is 0.353 e. The average molecular weight is 483 g/mol. The number of aromatic nitrogens is 1. The molecule has 0 unspecified atom stereocenters. The Hall–Kier alpha value is -3.67. The van der Waals surface area contributed by atoms with E-state index < -0.39 is 0 Å². The molecule has 0 aliphatic carbocycles. The summed E-state index contributed by atoms with van der Waals surface area (Å²) in [6.45, 7) is 6.51. The Kier molecular flexibility index (Phi) is 7.31. The predicted molar refractivity (Wildman–Crippen MR) is 142 cm³/mol. The lowest BCUT2D eigenvalue weighted by atomic mass is 9.89. The summed E-state index contributed by atoms with van der Waals surface area (Å²) in [6.07, 6.45) is 4.77. The van der Waals surface area contributed by atoms with Gasteiger partial charge >= 0.3 is 0 Å². The molecule has 3 aromatic rings. The molecule has 36 heavy (non-hydrogen) atoms. The number of hydrogen-bond donors (Lipinski definition) is 0. The minimum atomic E-state index is 0.0808. The number of amides is 2. The highest BCUT2D eigenvalue weighted by molar-refractivity contribution is 5.95. The first kappa shape index (κ1) is 24.0. The predicted octanol–water partition coefficient (Wildman–Crippen LogP) is 4.63. The standard InChI is InChI=1S/C30H34N4O2/c1-2-23-11-13-24(14-12-23)29(35)34-16-6-9-27(22-34)25-7-5-8-26(21-25)30(36)33-19-17-32(18-20-33)28-10-3-4-15-31-28/h3-5,7-8,10-15,21,27H,2,6,9,16-20,22H2,1H3/t27-/m1/s1. The highest BCUT2D eigenvalue weighted by atomic mass is 16.2. The van der Waals surface area contributed by atoms with Crippen LogP contribution in [0.1, 0.15) is 57.5 Å². The number of carbonyl (C=O) groups is 2. The van der Waals surface area contributed by atoms with E-state index in [1.54, 1.807) is 6.20 Å². The third-order valence-corrected chi connectivity index (χ3v) is 7.46. The lowest BCUT2D eigenvalue weighted by Gasteiger charge is -2.36. The number of rotatable bonds is 5. The lowest BCUT2D eigenvalue weighted by molar-refractivity contribution is 0.0704. The average Bonchev–Trinajstić information content (AvgIpc) is 2.97. The summed E-state index contributed by atoms with van der Waals surface area (Å²) >= 11 is 0. The quantitative estimate of drug-likeness (QED) is 0.532. The van der Waals surface area contributed by atoms with Crippen molar-refractivity contribution < 1.29 is 9.59 Å². The highest BCUT2D eigenvalue weighted by Gasteiger charge is 2.27. The van der Waals surface area contributed by atoms with Crippen LogP contribution in [0.15, 0.2) is 72.9 Å². The molecule has 2 aliphatic heterocycles. The monoisotopic (exact) mass is 482 g/mol. The molecule has 0 N–H and O–H groups in total. The molecule has 186 valence electrons. The van der Waals surface area contributed by atoms with Gasteiger partial charge in [-0.1, -0.05) is 37.3 Å². The van der Waals surface area contributed by atoms with E-state index in [4.69, 9.17) is 0 Å². The maximum atomic E-state index is 13.3. The van der Waals surface area contributed by atoms with Crippen LogP contribution in [0.5, 0.6) is 0 Å². The summed E-state index contributed by atoms with van der Waals surface area (Å²) in [7, 11) is 0. The number of benzene rings is 2. The van der Waals surface area contributed by atoms with Crippen LogP contribution in [0.4, 0.5) is 5.82 Å². The van der Waals surface area contributed by atoms with E-state index in [1.165, 1.54) is 5.56 Å². The molecule has 0 bridgehead atoms. The zero-order valence-electron chi connectivity index (χ0n) is 21.0. The molecule has 2 fully saturated rings. The van der Waals surface area contributed by atoms with Crippen LogP contribution in [-0.2, 0) is 6.42 Å². The summed E-state index contributed by atoms with van der Waals surface area (Å²) in [4.78, 5) is 37.0. The van der Waals surface area contributed by atoms with Gasteiger partial charge in [0.05, 0.1) is 0 Å². The van der Waals surface area contributed by atoms with Gasteiger partial charge in [0.1, 0.15) is 5.82 Å². The maximum Gasteiger partial charge on any atom is 0.253 e. The minimum Gasteiger partial charge on any atom is -0.353 e. The first-order chi connectivity index (χ1) is 17.6. The van der Waals surface area contributed by atoms with Crippen molar-refractivity contribution in [3.8, 4) is 0 Å². The van der Waals surface area contributed by atoms with Crippen molar-refractivity contribution in [3.63, 3.8) is 0 Å². The molecule has 3 heterocycles. The number of likely N-dealkylation sites (tertiary alicyclic amines) is 1. The summed E-state index contributed by atoms with van der Waals surface area (Å²) in [5.74, 6) is 1.38. The Balaban J connectivity index is 1.23. The number of anilines is 1. The van der Waals surface area contributed by atoms with E-state index in [9.17, 15) is 9.59 Å². The van der Waals surface area contributed by atoms with E-state index in [1.807, 2.05) is 70.5 Å². The zero-order chi connectivity index (χ0) is 24.9. The van der Waals surface area contributed by atoms with E-state index >= 15 is 0 Å². The van der Waals surface area contributed by atoms with Gasteiger partial charge in [0.2, 0.25) is 0 Å². The molecule has 2 aromatic carbocycles. The number of piperidine rings is 1. The van der Waals surface area contributed by atoms with E-state index in [2.05, 4.69) is 22.9 Å². The van der Waals surface area contributed by atoms with Crippen LogP contribution >= 0.6 is 0 Å². The number of carbonyl (C=O) groups excluding carboxylic acids is 2. The molecule has 0 spiro atoms. The summed E-state index contributed by atoms with van der Waals surface area (Å²) < 4.78 is 0. The first-order valence-electron chi connectivity index (χ1n) is 13.1. The van der Waals surface area contributed by atoms with Crippen LogP contribution in [-0.4, -0.2) is 65.9 Å². The maximum absolute atomic E-state index is 13.3. The highest BCUT2D eigenvalue weighted by Crippen LogP contribution is 2.29. The van der Waals surface area contributed by atoms with Crippen LogP contribution in [0.2, 0.25) is 0 Å². The summed E-state index contributed by atoms with van der Waals surface area (Å²) in [5, 5.41) is 0. The molecule has 6 heteroatoms. The van der Waals surface area contributed by atoms with Crippen LogP contribution in [0.25, 0.3) is 0 Å². The molecule has 0 radical (unpaired) electrons. The van der Waals surface area contributed by atoms with Crippen LogP contribution < -0.4 is 4.90 Å². The van der Waals surface area contributed by atoms with Gasteiger partial charge in [-0.3, -0.25) is 9.59 Å². The number of pyridine rings is 1. The molecular formula is C30H34N4O2. The third kappa shape index (κ3) is 5.27. The van der Waals surface area contributed by atoms with Crippen molar-refractivity contribution in [1.82, 2.24) is 14.8 Å². The molecule has 6 nitrogen and oxygen atoms in total. The Morgan fingerprint density at radius 3 is 2.33 bits per heavy atom. The molecule has 2 saturated heterocycles. The fraction of sp³-hybridized carbons (Fsp3) is 0.367. The summed E-state index contributed by atoms with van der Waals surface area (Å²) in [5.41, 5.74) is 3.87. The SMILES string of the molecule is CCc1ccc(C(=O)N2CCC[C@@H](c3cccc(C(=O)N4CCN(c5ccccn5)CC4)c3)C2)cc1. The van der Waals surface area contributed by atoms with E-state index in [0.717, 1.165) is 61.4 Å². The second-order valence-corrected chi connectivity index (χ2v) is 9.73.